The first-order valence-corrected chi connectivity index (χ1v) is 4.85. The molecular weight excluding hydrogens is 180 g/mol. The molecule has 0 radical (unpaired) electrons. The summed E-state index contributed by atoms with van der Waals surface area (Å²) >= 11 is 0. The predicted octanol–water partition coefficient (Wildman–Crippen LogP) is 1.37. The first-order valence-electron chi connectivity index (χ1n) is 4.85. The van der Waals surface area contributed by atoms with Crippen LogP contribution in [-0.2, 0) is 4.79 Å². The minimum absolute atomic E-state index is 0.0417. The van der Waals surface area contributed by atoms with Gasteiger partial charge in [-0.1, -0.05) is 0 Å². The van der Waals surface area contributed by atoms with Crippen molar-refractivity contribution in [2.45, 2.75) is 38.8 Å². The molecule has 0 aromatic carbocycles. The highest BCUT2D eigenvalue weighted by Gasteiger charge is 2.27. The first kappa shape index (κ1) is 9.40. The van der Waals surface area contributed by atoms with Crippen molar-refractivity contribution < 1.29 is 9.21 Å². The van der Waals surface area contributed by atoms with Gasteiger partial charge in [0.05, 0.1) is 12.2 Å². The molecule has 4 nitrogen and oxygen atoms in total. The fourth-order valence-corrected chi connectivity index (χ4v) is 1.81. The number of carbonyl (C=O) groups is 1. The Labute approximate surface area is 82.7 Å². The van der Waals surface area contributed by atoms with Gasteiger partial charge in [0.2, 0.25) is 5.89 Å². The van der Waals surface area contributed by atoms with Crippen molar-refractivity contribution in [1.82, 2.24) is 10.3 Å². The Balaban J connectivity index is 2.14. The largest absolute Gasteiger partial charge is 0.444 e. The number of piperidine rings is 1. The van der Waals surface area contributed by atoms with Gasteiger partial charge in [0.1, 0.15) is 11.5 Å². The molecule has 1 fully saturated rings. The molecule has 1 N–H and O–H groups in total. The van der Waals surface area contributed by atoms with Crippen LogP contribution >= 0.6 is 0 Å². The van der Waals surface area contributed by atoms with Gasteiger partial charge >= 0.3 is 0 Å². The maximum atomic E-state index is 11.4. The number of nitrogens with one attached hydrogen (secondary N) is 1. The standard InChI is InChI=1S/C10H14N2O2/c1-6-3-8(13)4-9(12-6)10-11-5-7(2)14-10/h5-6,9,12H,3-4H2,1-2H3. The second-order valence-electron chi connectivity index (χ2n) is 3.88. The lowest BCUT2D eigenvalue weighted by Gasteiger charge is -2.25. The maximum Gasteiger partial charge on any atom is 0.211 e. The minimum atomic E-state index is -0.0417. The molecule has 1 aromatic rings. The van der Waals surface area contributed by atoms with Gasteiger partial charge in [0.25, 0.3) is 0 Å². The van der Waals surface area contributed by atoms with E-state index in [9.17, 15) is 4.79 Å². The molecule has 0 spiro atoms. The summed E-state index contributed by atoms with van der Waals surface area (Å²) in [4.78, 5) is 15.5. The summed E-state index contributed by atoms with van der Waals surface area (Å²) in [5, 5.41) is 3.30. The maximum absolute atomic E-state index is 11.4. The third-order valence-corrected chi connectivity index (χ3v) is 2.39. The van der Waals surface area contributed by atoms with Gasteiger partial charge in [-0.05, 0) is 13.8 Å². The van der Waals surface area contributed by atoms with Gasteiger partial charge in [-0.3, -0.25) is 4.79 Å². The lowest BCUT2D eigenvalue weighted by Crippen LogP contribution is -2.39. The van der Waals surface area contributed by atoms with Crippen LogP contribution in [0.15, 0.2) is 10.6 Å². The number of ketones is 1. The van der Waals surface area contributed by atoms with Crippen molar-refractivity contribution in [3.8, 4) is 0 Å². The number of Topliss-reactive ketones (excluding diaryl/α,β-unsaturated/α-hetero) is 1. The van der Waals surface area contributed by atoms with E-state index < -0.39 is 0 Å². The molecule has 2 rings (SSSR count). The SMILES string of the molecule is Cc1cnc(C2CC(=O)CC(C)N2)o1. The Morgan fingerprint density at radius 1 is 1.57 bits per heavy atom. The third-order valence-electron chi connectivity index (χ3n) is 2.39. The van der Waals surface area contributed by atoms with Gasteiger partial charge in [-0.2, -0.15) is 0 Å². The average molecular weight is 194 g/mol. The fourth-order valence-electron chi connectivity index (χ4n) is 1.81. The van der Waals surface area contributed by atoms with Crippen LogP contribution in [0.25, 0.3) is 0 Å². The van der Waals surface area contributed by atoms with Gasteiger partial charge in [-0.25, -0.2) is 4.98 Å². The van der Waals surface area contributed by atoms with Crippen LogP contribution < -0.4 is 5.32 Å². The molecule has 1 aromatic heterocycles. The van der Waals surface area contributed by atoms with E-state index >= 15 is 0 Å². The van der Waals surface area contributed by atoms with E-state index in [1.807, 2.05) is 13.8 Å². The summed E-state index contributed by atoms with van der Waals surface area (Å²) in [5.74, 6) is 1.69. The van der Waals surface area contributed by atoms with Crippen LogP contribution in [0.5, 0.6) is 0 Å². The van der Waals surface area contributed by atoms with Crippen molar-refractivity contribution in [2.75, 3.05) is 0 Å². The molecule has 0 aliphatic carbocycles. The number of hydrogen-bond acceptors (Lipinski definition) is 4. The Bertz CT molecular complexity index is 346. The van der Waals surface area contributed by atoms with E-state index in [0.29, 0.717) is 18.7 Å². The monoisotopic (exact) mass is 194 g/mol. The second kappa shape index (κ2) is 3.53. The number of carbonyl (C=O) groups excluding carboxylic acids is 1. The van der Waals surface area contributed by atoms with Gasteiger partial charge in [0.15, 0.2) is 0 Å². The number of hydrogen-bond donors (Lipinski definition) is 1. The molecule has 2 unspecified atom stereocenters. The van der Waals surface area contributed by atoms with Crippen molar-refractivity contribution in [3.63, 3.8) is 0 Å². The number of nitrogens with zero attached hydrogens (tertiary/aromatic N) is 1. The zero-order chi connectivity index (χ0) is 10.1. The Hall–Kier alpha value is -1.16. The number of oxazole rings is 1. The Morgan fingerprint density at radius 2 is 2.36 bits per heavy atom. The molecule has 1 saturated heterocycles. The molecule has 76 valence electrons. The number of aryl methyl sites for hydroxylation is 1. The smallest absolute Gasteiger partial charge is 0.211 e. The Morgan fingerprint density at radius 3 is 2.93 bits per heavy atom. The summed E-state index contributed by atoms with van der Waals surface area (Å²) in [7, 11) is 0. The zero-order valence-electron chi connectivity index (χ0n) is 8.41. The van der Waals surface area contributed by atoms with Gasteiger partial charge in [-0.15, -0.1) is 0 Å². The minimum Gasteiger partial charge on any atom is -0.444 e. The topological polar surface area (TPSA) is 55.1 Å². The number of aromatic nitrogens is 1. The van der Waals surface area contributed by atoms with Crippen LogP contribution in [0.4, 0.5) is 0 Å². The lowest BCUT2D eigenvalue weighted by molar-refractivity contribution is -0.121. The predicted molar refractivity (Wildman–Crippen MR) is 50.8 cm³/mol. The van der Waals surface area contributed by atoms with Crippen molar-refractivity contribution >= 4 is 5.78 Å². The van der Waals surface area contributed by atoms with Crippen LogP contribution in [0, 0.1) is 6.92 Å². The van der Waals surface area contributed by atoms with Crippen LogP contribution in [0.3, 0.4) is 0 Å². The number of rotatable bonds is 1. The van der Waals surface area contributed by atoms with Crippen LogP contribution in [-0.4, -0.2) is 16.8 Å². The molecule has 2 heterocycles. The highest BCUT2D eigenvalue weighted by molar-refractivity contribution is 5.80. The summed E-state index contributed by atoms with van der Waals surface area (Å²) in [5.41, 5.74) is 0. The van der Waals surface area contributed by atoms with E-state index in [-0.39, 0.29) is 17.9 Å². The molecule has 0 bridgehead atoms. The van der Waals surface area contributed by atoms with Gasteiger partial charge < -0.3 is 9.73 Å². The quantitative estimate of drug-likeness (QED) is 0.733. The molecule has 0 saturated carbocycles. The van der Waals surface area contributed by atoms with Crippen LogP contribution in [0.1, 0.15) is 37.5 Å². The summed E-state index contributed by atoms with van der Waals surface area (Å²) in [6.45, 7) is 3.85. The molecule has 1 aliphatic heterocycles. The molecule has 1 aliphatic rings. The second-order valence-corrected chi connectivity index (χ2v) is 3.88. The molecular formula is C10H14N2O2. The molecule has 0 amide bonds. The van der Waals surface area contributed by atoms with E-state index in [4.69, 9.17) is 4.42 Å². The highest BCUT2D eigenvalue weighted by atomic mass is 16.4. The summed E-state index contributed by atoms with van der Waals surface area (Å²) in [6.07, 6.45) is 2.78. The van der Waals surface area contributed by atoms with Gasteiger partial charge in [0, 0.05) is 18.9 Å². The highest BCUT2D eigenvalue weighted by Crippen LogP contribution is 2.22. The zero-order valence-corrected chi connectivity index (χ0v) is 8.41. The molecule has 2 atom stereocenters. The van der Waals surface area contributed by atoms with Crippen LogP contribution in [0.2, 0.25) is 0 Å². The molecule has 14 heavy (non-hydrogen) atoms. The van der Waals surface area contributed by atoms with E-state index in [1.54, 1.807) is 6.20 Å². The normalized spacial score (nSPS) is 28.0. The fraction of sp³-hybridized carbons (Fsp3) is 0.600. The van der Waals surface area contributed by atoms with E-state index in [2.05, 4.69) is 10.3 Å². The van der Waals surface area contributed by atoms with Crippen molar-refractivity contribution in [2.24, 2.45) is 0 Å². The summed E-state index contributed by atoms with van der Waals surface area (Å²) in [6, 6.07) is 0.174. The first-order chi connectivity index (χ1) is 6.65. The average Bonchev–Trinajstić information content (AvgIpc) is 2.50. The molecule has 4 heteroatoms. The van der Waals surface area contributed by atoms with Crippen molar-refractivity contribution in [1.29, 1.82) is 0 Å². The van der Waals surface area contributed by atoms with E-state index in [0.717, 1.165) is 5.76 Å². The third kappa shape index (κ3) is 1.85. The van der Waals surface area contributed by atoms with E-state index in [1.165, 1.54) is 0 Å². The lowest BCUT2D eigenvalue weighted by atomic mass is 9.98. The summed E-state index contributed by atoms with van der Waals surface area (Å²) < 4.78 is 5.39. The van der Waals surface area contributed by atoms with Crippen molar-refractivity contribution in [3.05, 3.63) is 17.8 Å². The Kier molecular flexibility index (Phi) is 2.37.